The number of amides is 3. The van der Waals surface area contributed by atoms with Crippen LogP contribution >= 0.6 is 23.2 Å². The third kappa shape index (κ3) is 3.30. The number of carbonyl (C=O) groups is 2. The molecule has 4 rings (SSSR count). The zero-order valence-electron chi connectivity index (χ0n) is 15.8. The molecule has 30 heavy (non-hydrogen) atoms. The molecule has 0 atom stereocenters. The smallest absolute Gasteiger partial charge is 0.324 e. The first-order chi connectivity index (χ1) is 14.4. The van der Waals surface area contributed by atoms with E-state index in [1.54, 1.807) is 53.2 Å². The highest BCUT2D eigenvalue weighted by atomic mass is 35.5. The Labute approximate surface area is 182 Å². The van der Waals surface area contributed by atoms with Crippen molar-refractivity contribution in [1.82, 2.24) is 9.88 Å². The fourth-order valence-electron chi connectivity index (χ4n) is 3.44. The van der Waals surface area contributed by atoms with E-state index in [2.05, 4.69) is 16.4 Å². The van der Waals surface area contributed by atoms with Crippen molar-refractivity contribution < 1.29 is 9.59 Å². The zero-order chi connectivity index (χ0) is 21.4. The molecular weight excluding hydrogens is 425 g/mol. The number of benzene rings is 2. The van der Waals surface area contributed by atoms with Crippen LogP contribution in [0.5, 0.6) is 0 Å². The number of para-hydroxylation sites is 1. The molecule has 0 radical (unpaired) electrons. The molecule has 1 N–H and O–H groups in total. The minimum atomic E-state index is -0.484. The van der Waals surface area contributed by atoms with Gasteiger partial charge in [0.1, 0.15) is 6.07 Å². The van der Waals surface area contributed by atoms with Crippen molar-refractivity contribution in [2.75, 3.05) is 30.4 Å². The lowest BCUT2D eigenvalue weighted by Gasteiger charge is -2.20. The number of anilines is 2. The Morgan fingerprint density at radius 2 is 1.87 bits per heavy atom. The Morgan fingerprint density at radius 3 is 2.50 bits per heavy atom. The van der Waals surface area contributed by atoms with Crippen LogP contribution in [0.2, 0.25) is 10.0 Å². The highest BCUT2D eigenvalue weighted by Gasteiger charge is 2.30. The summed E-state index contributed by atoms with van der Waals surface area (Å²) < 4.78 is 0. The van der Waals surface area contributed by atoms with E-state index in [9.17, 15) is 14.9 Å². The fourth-order valence-corrected chi connectivity index (χ4v) is 4.01. The Kier molecular flexibility index (Phi) is 5.20. The number of nitrogens with zero attached hydrogens (tertiary/aromatic N) is 4. The summed E-state index contributed by atoms with van der Waals surface area (Å²) in [5.41, 5.74) is 1.78. The standard InChI is InChI=1S/C21H15Cl2N5O2/c1-27-8-9-28(21(27)30)19-12(10-24)11-25-18-13(19)4-2-7-16(18)26-20(29)17-14(22)5-3-6-15(17)23/h2-7,11H,8-9H2,1H3,(H,26,29). The van der Waals surface area contributed by atoms with Crippen molar-refractivity contribution in [3.63, 3.8) is 0 Å². The van der Waals surface area contributed by atoms with E-state index in [1.165, 1.54) is 6.20 Å². The van der Waals surface area contributed by atoms with E-state index in [-0.39, 0.29) is 27.2 Å². The van der Waals surface area contributed by atoms with E-state index < -0.39 is 5.91 Å². The number of likely N-dealkylation sites (N-methyl/N-ethyl adjacent to an activating group) is 1. The largest absolute Gasteiger partial charge is 0.326 e. The van der Waals surface area contributed by atoms with Gasteiger partial charge in [0.05, 0.1) is 38.1 Å². The molecule has 1 fully saturated rings. The number of nitrogens with one attached hydrogen (secondary N) is 1. The molecule has 2 aromatic carbocycles. The van der Waals surface area contributed by atoms with Crippen LogP contribution in [0.15, 0.2) is 42.6 Å². The molecule has 0 bridgehead atoms. The molecule has 1 saturated heterocycles. The average molecular weight is 440 g/mol. The summed E-state index contributed by atoms with van der Waals surface area (Å²) in [7, 11) is 1.71. The van der Waals surface area contributed by atoms with Gasteiger partial charge in [-0.15, -0.1) is 0 Å². The zero-order valence-corrected chi connectivity index (χ0v) is 17.3. The van der Waals surface area contributed by atoms with E-state index >= 15 is 0 Å². The van der Waals surface area contributed by atoms with E-state index in [0.29, 0.717) is 35.4 Å². The van der Waals surface area contributed by atoms with Crippen LogP contribution in [0.25, 0.3) is 10.9 Å². The molecule has 1 aliphatic heterocycles. The maximum absolute atomic E-state index is 12.8. The molecule has 0 spiro atoms. The van der Waals surface area contributed by atoms with Gasteiger partial charge in [0.15, 0.2) is 0 Å². The Morgan fingerprint density at radius 1 is 1.17 bits per heavy atom. The van der Waals surface area contributed by atoms with Gasteiger partial charge in [0, 0.05) is 31.7 Å². The molecule has 0 saturated carbocycles. The number of rotatable bonds is 3. The van der Waals surface area contributed by atoms with Crippen LogP contribution < -0.4 is 10.2 Å². The van der Waals surface area contributed by atoms with Gasteiger partial charge in [0.2, 0.25) is 0 Å². The van der Waals surface area contributed by atoms with Crippen LogP contribution in [0.3, 0.4) is 0 Å². The number of hydrogen-bond acceptors (Lipinski definition) is 4. The second-order valence-corrected chi connectivity index (χ2v) is 7.55. The predicted molar refractivity (Wildman–Crippen MR) is 116 cm³/mol. The Bertz CT molecular complexity index is 1220. The highest BCUT2D eigenvalue weighted by molar-refractivity contribution is 6.40. The number of aromatic nitrogens is 1. The first-order valence-corrected chi connectivity index (χ1v) is 9.77. The summed E-state index contributed by atoms with van der Waals surface area (Å²) in [6, 6.07) is 11.9. The number of carbonyl (C=O) groups excluding carboxylic acids is 2. The number of urea groups is 1. The van der Waals surface area contributed by atoms with Crippen LogP contribution in [0.4, 0.5) is 16.2 Å². The summed E-state index contributed by atoms with van der Waals surface area (Å²) in [5, 5.41) is 13.4. The predicted octanol–water partition coefficient (Wildman–Crippen LogP) is 4.54. The van der Waals surface area contributed by atoms with Crippen LogP contribution in [-0.2, 0) is 0 Å². The Hall–Kier alpha value is -3.34. The number of fused-ring (bicyclic) bond motifs is 1. The number of halogens is 2. The normalized spacial score (nSPS) is 13.6. The lowest BCUT2D eigenvalue weighted by molar-refractivity contribution is 0.102. The van der Waals surface area contributed by atoms with Crippen molar-refractivity contribution in [1.29, 1.82) is 5.26 Å². The molecule has 7 nitrogen and oxygen atoms in total. The topological polar surface area (TPSA) is 89.3 Å². The second kappa shape index (κ2) is 7.82. The average Bonchev–Trinajstić information content (AvgIpc) is 3.05. The maximum atomic E-state index is 12.8. The van der Waals surface area contributed by atoms with Crippen LogP contribution in [0.1, 0.15) is 15.9 Å². The monoisotopic (exact) mass is 439 g/mol. The fraction of sp³-hybridized carbons (Fsp3) is 0.143. The van der Waals surface area contributed by atoms with Crippen molar-refractivity contribution in [3.05, 3.63) is 63.8 Å². The molecule has 3 aromatic rings. The van der Waals surface area contributed by atoms with Gasteiger partial charge in [-0.1, -0.05) is 41.4 Å². The molecule has 1 aliphatic rings. The summed E-state index contributed by atoms with van der Waals surface area (Å²) in [6.45, 7) is 1.00. The first kappa shape index (κ1) is 20.0. The third-order valence-electron chi connectivity index (χ3n) is 4.91. The first-order valence-electron chi connectivity index (χ1n) is 9.02. The highest BCUT2D eigenvalue weighted by Crippen LogP contribution is 2.35. The molecule has 2 heterocycles. The SMILES string of the molecule is CN1CCN(c2c(C#N)cnc3c(NC(=O)c4c(Cl)cccc4Cl)cccc23)C1=O. The second-order valence-electron chi connectivity index (χ2n) is 6.74. The van der Waals surface area contributed by atoms with Gasteiger partial charge >= 0.3 is 6.03 Å². The summed E-state index contributed by atoms with van der Waals surface area (Å²) in [6.07, 6.45) is 1.40. The Balaban J connectivity index is 1.82. The molecule has 0 unspecified atom stereocenters. The molecular formula is C21H15Cl2N5O2. The van der Waals surface area contributed by atoms with Gasteiger partial charge in [-0.2, -0.15) is 5.26 Å². The van der Waals surface area contributed by atoms with Crippen molar-refractivity contribution in [2.24, 2.45) is 0 Å². The lowest BCUT2D eigenvalue weighted by Crippen LogP contribution is -2.30. The van der Waals surface area contributed by atoms with E-state index in [4.69, 9.17) is 23.2 Å². The molecule has 3 amide bonds. The quantitative estimate of drug-likeness (QED) is 0.648. The maximum Gasteiger partial charge on any atom is 0.324 e. The summed E-state index contributed by atoms with van der Waals surface area (Å²) >= 11 is 12.3. The van der Waals surface area contributed by atoms with Crippen LogP contribution in [0, 0.1) is 11.3 Å². The van der Waals surface area contributed by atoms with E-state index in [1.807, 2.05) is 0 Å². The van der Waals surface area contributed by atoms with Crippen LogP contribution in [-0.4, -0.2) is 42.0 Å². The van der Waals surface area contributed by atoms with Gasteiger partial charge in [-0.05, 0) is 18.2 Å². The van der Waals surface area contributed by atoms with Crippen molar-refractivity contribution in [2.45, 2.75) is 0 Å². The minimum Gasteiger partial charge on any atom is -0.326 e. The van der Waals surface area contributed by atoms with Gasteiger partial charge in [-0.3, -0.25) is 14.7 Å². The van der Waals surface area contributed by atoms with E-state index in [0.717, 1.165) is 0 Å². The third-order valence-corrected chi connectivity index (χ3v) is 5.54. The molecule has 1 aromatic heterocycles. The van der Waals surface area contributed by atoms with Gasteiger partial charge < -0.3 is 10.2 Å². The van der Waals surface area contributed by atoms with Crippen molar-refractivity contribution in [3.8, 4) is 6.07 Å². The van der Waals surface area contributed by atoms with Gasteiger partial charge in [0.25, 0.3) is 5.91 Å². The van der Waals surface area contributed by atoms with Gasteiger partial charge in [-0.25, -0.2) is 4.79 Å². The summed E-state index contributed by atoms with van der Waals surface area (Å²) in [5.74, 6) is -0.484. The molecule has 0 aliphatic carbocycles. The van der Waals surface area contributed by atoms with Crippen molar-refractivity contribution >= 4 is 57.4 Å². The molecule has 9 heteroatoms. The number of hydrogen-bond donors (Lipinski definition) is 1. The summed E-state index contributed by atoms with van der Waals surface area (Å²) in [4.78, 5) is 32.9. The number of nitriles is 1. The molecule has 150 valence electrons. The minimum absolute atomic E-state index is 0.156. The lowest BCUT2D eigenvalue weighted by atomic mass is 10.1. The number of pyridine rings is 1.